The molecule has 0 aliphatic heterocycles. The van der Waals surface area contributed by atoms with Crippen molar-refractivity contribution in [3.8, 4) is 0 Å². The van der Waals surface area contributed by atoms with Crippen molar-refractivity contribution in [2.24, 2.45) is 5.73 Å². The van der Waals surface area contributed by atoms with Crippen LogP contribution in [0.2, 0.25) is 0 Å². The summed E-state index contributed by atoms with van der Waals surface area (Å²) in [4.78, 5) is 24.7. The summed E-state index contributed by atoms with van der Waals surface area (Å²) in [6.45, 7) is 2.60. The average Bonchev–Trinajstić information content (AvgIpc) is 2.41. The Kier molecular flexibility index (Phi) is 6.56. The normalized spacial score (nSPS) is 10.2. The van der Waals surface area contributed by atoms with Crippen LogP contribution >= 0.6 is 0 Å². The quantitative estimate of drug-likeness (QED) is 0.702. The Hall–Kier alpha value is -2.04. The van der Waals surface area contributed by atoms with E-state index < -0.39 is 5.91 Å². The first kappa shape index (κ1) is 16.0. The number of carbonyl (C=O) groups excluding carboxylic acids is 2. The van der Waals surface area contributed by atoms with Crippen LogP contribution < -0.4 is 11.5 Å². The van der Waals surface area contributed by atoms with Crippen LogP contribution in [0.3, 0.4) is 0 Å². The maximum atomic E-state index is 12.1. The van der Waals surface area contributed by atoms with Crippen LogP contribution in [0, 0.1) is 0 Å². The summed E-state index contributed by atoms with van der Waals surface area (Å²) >= 11 is 0. The first-order valence-corrected chi connectivity index (χ1v) is 6.94. The van der Waals surface area contributed by atoms with Crippen LogP contribution in [-0.4, -0.2) is 29.8 Å². The van der Waals surface area contributed by atoms with Crippen LogP contribution in [0.25, 0.3) is 0 Å². The topological polar surface area (TPSA) is 89.4 Å². The number of para-hydroxylation sites is 1. The number of nitrogen functional groups attached to an aromatic ring is 1. The average molecular weight is 277 g/mol. The molecule has 0 radical (unpaired) electrons. The molecule has 0 atom stereocenters. The lowest BCUT2D eigenvalue weighted by Crippen LogP contribution is -2.39. The lowest BCUT2D eigenvalue weighted by atomic mass is 10.1. The van der Waals surface area contributed by atoms with Crippen molar-refractivity contribution in [3.05, 3.63) is 29.8 Å². The molecule has 110 valence electrons. The van der Waals surface area contributed by atoms with Crippen LogP contribution in [0.15, 0.2) is 24.3 Å². The molecule has 0 unspecified atom stereocenters. The minimum absolute atomic E-state index is 0.0108. The molecule has 4 N–H and O–H groups in total. The highest BCUT2D eigenvalue weighted by Gasteiger charge is 2.15. The van der Waals surface area contributed by atoms with E-state index in [9.17, 15) is 9.59 Å². The highest BCUT2D eigenvalue weighted by molar-refractivity contribution is 5.84. The summed E-state index contributed by atoms with van der Waals surface area (Å²) < 4.78 is 0. The Morgan fingerprint density at radius 1 is 1.25 bits per heavy atom. The minimum atomic E-state index is -0.478. The molecule has 0 saturated carbocycles. The van der Waals surface area contributed by atoms with Crippen molar-refractivity contribution in [1.29, 1.82) is 0 Å². The lowest BCUT2D eigenvalue weighted by molar-refractivity contribution is -0.135. The standard InChI is InChI=1S/C15H23N3O2/c1-2-3-10-18(11-14(17)19)15(20)9-8-12-6-4-5-7-13(12)16/h4-7H,2-3,8-11,16H2,1H3,(H2,17,19). The number of primary amides is 1. The third kappa shape index (κ3) is 5.30. The van der Waals surface area contributed by atoms with Gasteiger partial charge in [0.25, 0.3) is 0 Å². The fraction of sp³-hybridized carbons (Fsp3) is 0.467. The van der Waals surface area contributed by atoms with Gasteiger partial charge in [-0.15, -0.1) is 0 Å². The predicted octanol–water partition coefficient (Wildman–Crippen LogP) is 1.32. The maximum absolute atomic E-state index is 12.1. The zero-order valence-electron chi connectivity index (χ0n) is 12.0. The number of rotatable bonds is 8. The molecule has 2 amide bonds. The zero-order chi connectivity index (χ0) is 15.0. The lowest BCUT2D eigenvalue weighted by Gasteiger charge is -2.21. The molecule has 0 saturated heterocycles. The fourth-order valence-electron chi connectivity index (χ4n) is 1.99. The smallest absolute Gasteiger partial charge is 0.237 e. The van der Waals surface area contributed by atoms with Gasteiger partial charge >= 0.3 is 0 Å². The van der Waals surface area contributed by atoms with E-state index in [0.717, 1.165) is 18.4 Å². The van der Waals surface area contributed by atoms with Gasteiger partial charge in [0.15, 0.2) is 0 Å². The number of nitrogens with two attached hydrogens (primary N) is 2. The van der Waals surface area contributed by atoms with Gasteiger partial charge in [0, 0.05) is 18.7 Å². The number of carbonyl (C=O) groups is 2. The van der Waals surface area contributed by atoms with E-state index in [0.29, 0.717) is 25.1 Å². The molecule has 0 spiro atoms. The number of amides is 2. The van der Waals surface area contributed by atoms with Crippen molar-refractivity contribution < 1.29 is 9.59 Å². The SMILES string of the molecule is CCCCN(CC(N)=O)C(=O)CCc1ccccc1N. The molecule has 0 bridgehead atoms. The third-order valence-electron chi connectivity index (χ3n) is 3.14. The number of hydrogen-bond donors (Lipinski definition) is 2. The molecule has 0 aliphatic rings. The number of hydrogen-bond acceptors (Lipinski definition) is 3. The molecule has 5 nitrogen and oxygen atoms in total. The Labute approximate surface area is 119 Å². The zero-order valence-corrected chi connectivity index (χ0v) is 12.0. The van der Waals surface area contributed by atoms with Crippen molar-refractivity contribution in [1.82, 2.24) is 4.90 Å². The van der Waals surface area contributed by atoms with Gasteiger partial charge in [0.05, 0.1) is 6.54 Å². The molecule has 1 rings (SSSR count). The molecule has 0 aromatic heterocycles. The Morgan fingerprint density at radius 2 is 1.95 bits per heavy atom. The molecule has 1 aromatic carbocycles. The van der Waals surface area contributed by atoms with E-state index in [1.54, 1.807) is 0 Å². The van der Waals surface area contributed by atoms with Crippen LogP contribution in [0.1, 0.15) is 31.7 Å². The maximum Gasteiger partial charge on any atom is 0.237 e. The van der Waals surface area contributed by atoms with E-state index in [1.165, 1.54) is 4.90 Å². The van der Waals surface area contributed by atoms with E-state index in [4.69, 9.17) is 11.5 Å². The van der Waals surface area contributed by atoms with Crippen molar-refractivity contribution in [2.75, 3.05) is 18.8 Å². The number of unbranched alkanes of at least 4 members (excludes halogenated alkanes) is 1. The van der Waals surface area contributed by atoms with Gasteiger partial charge in [-0.05, 0) is 24.5 Å². The van der Waals surface area contributed by atoms with Crippen molar-refractivity contribution in [3.63, 3.8) is 0 Å². The predicted molar refractivity (Wildman–Crippen MR) is 79.9 cm³/mol. The minimum Gasteiger partial charge on any atom is -0.399 e. The molecular formula is C15H23N3O2. The van der Waals surface area contributed by atoms with Gasteiger partial charge in [0.2, 0.25) is 11.8 Å². The van der Waals surface area contributed by atoms with Gasteiger partial charge in [-0.25, -0.2) is 0 Å². The van der Waals surface area contributed by atoms with Gasteiger partial charge in [-0.2, -0.15) is 0 Å². The number of aryl methyl sites for hydroxylation is 1. The summed E-state index contributed by atoms with van der Waals surface area (Å²) in [7, 11) is 0. The van der Waals surface area contributed by atoms with Crippen LogP contribution in [0.5, 0.6) is 0 Å². The van der Waals surface area contributed by atoms with Crippen molar-refractivity contribution >= 4 is 17.5 Å². The number of benzene rings is 1. The van der Waals surface area contributed by atoms with Gasteiger partial charge in [-0.1, -0.05) is 31.5 Å². The third-order valence-corrected chi connectivity index (χ3v) is 3.14. The first-order chi connectivity index (χ1) is 9.54. The first-order valence-electron chi connectivity index (χ1n) is 6.94. The van der Waals surface area contributed by atoms with Crippen molar-refractivity contribution in [2.45, 2.75) is 32.6 Å². The van der Waals surface area contributed by atoms with Gasteiger partial charge in [0.1, 0.15) is 0 Å². The molecule has 0 fully saturated rings. The van der Waals surface area contributed by atoms with E-state index in [-0.39, 0.29) is 12.5 Å². The highest BCUT2D eigenvalue weighted by atomic mass is 16.2. The van der Waals surface area contributed by atoms with E-state index in [2.05, 4.69) is 0 Å². The van der Waals surface area contributed by atoms with E-state index >= 15 is 0 Å². The summed E-state index contributed by atoms with van der Waals surface area (Å²) in [5, 5.41) is 0. The second kappa shape index (κ2) is 8.19. The largest absolute Gasteiger partial charge is 0.399 e. The number of anilines is 1. The molecule has 20 heavy (non-hydrogen) atoms. The van der Waals surface area contributed by atoms with Gasteiger partial charge in [-0.3, -0.25) is 9.59 Å². The highest BCUT2D eigenvalue weighted by Crippen LogP contribution is 2.13. The Bertz CT molecular complexity index is 460. The molecular weight excluding hydrogens is 254 g/mol. The fourth-order valence-corrected chi connectivity index (χ4v) is 1.99. The second-order valence-electron chi connectivity index (χ2n) is 4.83. The summed E-state index contributed by atoms with van der Waals surface area (Å²) in [5.41, 5.74) is 12.7. The Balaban J connectivity index is 2.57. The monoisotopic (exact) mass is 277 g/mol. The second-order valence-corrected chi connectivity index (χ2v) is 4.83. The molecule has 1 aromatic rings. The summed E-state index contributed by atoms with van der Waals surface area (Å²) in [6.07, 6.45) is 2.75. The molecule has 0 aliphatic carbocycles. The van der Waals surface area contributed by atoms with Gasteiger partial charge < -0.3 is 16.4 Å². The van der Waals surface area contributed by atoms with Crippen LogP contribution in [-0.2, 0) is 16.0 Å². The molecule has 5 heteroatoms. The van der Waals surface area contributed by atoms with E-state index in [1.807, 2.05) is 31.2 Å². The Morgan fingerprint density at radius 3 is 2.55 bits per heavy atom. The van der Waals surface area contributed by atoms with Crippen LogP contribution in [0.4, 0.5) is 5.69 Å². The number of nitrogens with zero attached hydrogens (tertiary/aromatic N) is 1. The summed E-state index contributed by atoms with van der Waals surface area (Å²) in [6, 6.07) is 7.49. The summed E-state index contributed by atoms with van der Waals surface area (Å²) in [5.74, 6) is -0.533. The molecule has 0 heterocycles.